The quantitative estimate of drug-likeness (QED) is 0.506. The van der Waals surface area contributed by atoms with Crippen molar-refractivity contribution in [2.24, 2.45) is 0 Å². The number of amides is 1. The van der Waals surface area contributed by atoms with Crippen molar-refractivity contribution in [1.82, 2.24) is 19.2 Å². The molecule has 2 aromatic heterocycles. The highest BCUT2D eigenvalue weighted by Crippen LogP contribution is 2.29. The maximum atomic E-state index is 12.4. The molecule has 0 N–H and O–H groups in total. The molecule has 0 bridgehead atoms. The molecule has 1 aliphatic rings. The lowest BCUT2D eigenvalue weighted by molar-refractivity contribution is -0.133. The highest BCUT2D eigenvalue weighted by Gasteiger charge is 2.24. The second-order valence-corrected chi connectivity index (χ2v) is 9.59. The fourth-order valence-corrected chi connectivity index (χ4v) is 4.99. The number of rotatable bonds is 7. The Bertz CT molecular complexity index is 996. The zero-order valence-electron chi connectivity index (χ0n) is 18.4. The van der Waals surface area contributed by atoms with Crippen LogP contribution in [0.2, 0.25) is 0 Å². The maximum Gasteiger partial charge on any atom is 0.222 e. The average Bonchev–Trinajstić information content (AvgIpc) is 3.26. The topological polar surface area (TPSA) is 40.9 Å². The van der Waals surface area contributed by atoms with Gasteiger partial charge in [-0.1, -0.05) is 49.6 Å². The van der Waals surface area contributed by atoms with E-state index in [2.05, 4.69) is 60.5 Å². The molecule has 0 atom stereocenters. The second kappa shape index (κ2) is 9.31. The number of fused-ring (bicyclic) bond motifs is 1. The van der Waals surface area contributed by atoms with Crippen LogP contribution in [0.15, 0.2) is 30.5 Å². The third-order valence-corrected chi connectivity index (χ3v) is 6.86. The fraction of sp³-hybridized carbons (Fsp3) is 0.500. The minimum Gasteiger partial charge on any atom is -0.340 e. The van der Waals surface area contributed by atoms with E-state index in [4.69, 9.17) is 4.98 Å². The van der Waals surface area contributed by atoms with Crippen LogP contribution in [0.1, 0.15) is 48.7 Å². The van der Waals surface area contributed by atoms with Gasteiger partial charge < -0.3 is 4.90 Å². The van der Waals surface area contributed by atoms with Gasteiger partial charge in [-0.2, -0.15) is 0 Å². The van der Waals surface area contributed by atoms with Crippen LogP contribution < -0.4 is 0 Å². The summed E-state index contributed by atoms with van der Waals surface area (Å²) in [6, 6.07) is 8.65. The van der Waals surface area contributed by atoms with Crippen molar-refractivity contribution in [2.45, 2.75) is 53.0 Å². The van der Waals surface area contributed by atoms with Crippen LogP contribution in [-0.2, 0) is 11.3 Å². The van der Waals surface area contributed by atoms with Crippen LogP contribution in [0, 0.1) is 13.8 Å². The van der Waals surface area contributed by atoms with Gasteiger partial charge in [0.05, 0.1) is 11.4 Å². The first-order chi connectivity index (χ1) is 14.5. The number of imidazole rings is 1. The molecule has 5 nitrogen and oxygen atoms in total. The summed E-state index contributed by atoms with van der Waals surface area (Å²) in [5, 5.41) is 0. The van der Waals surface area contributed by atoms with Gasteiger partial charge in [-0.15, -0.1) is 11.3 Å². The number of carbonyl (C=O) groups excluding carboxylic acids is 1. The van der Waals surface area contributed by atoms with Crippen molar-refractivity contribution >= 4 is 22.2 Å². The van der Waals surface area contributed by atoms with Crippen LogP contribution in [0.4, 0.5) is 0 Å². The number of nitrogens with zero attached hydrogens (tertiary/aromatic N) is 4. The van der Waals surface area contributed by atoms with E-state index in [1.807, 2.05) is 4.90 Å². The van der Waals surface area contributed by atoms with Crippen LogP contribution >= 0.6 is 11.3 Å². The number of hydrogen-bond acceptors (Lipinski definition) is 4. The van der Waals surface area contributed by atoms with Gasteiger partial charge in [0.1, 0.15) is 0 Å². The smallest absolute Gasteiger partial charge is 0.222 e. The van der Waals surface area contributed by atoms with E-state index in [0.29, 0.717) is 12.3 Å². The van der Waals surface area contributed by atoms with Crippen LogP contribution in [0.3, 0.4) is 0 Å². The molecule has 1 aliphatic heterocycles. The standard InChI is InChI=1S/C24H32N4OS/c1-4-5-6-7-22(29)27-14-12-26(13-15-27)17-21-23(20-10-8-18(2)9-11-20)25-24-28(21)16-19(3)30-24/h8-11,16H,4-7,12-15,17H2,1-3H3. The molecule has 4 rings (SSSR count). The Kier molecular flexibility index (Phi) is 6.54. The van der Waals surface area contributed by atoms with Crippen molar-refractivity contribution < 1.29 is 4.79 Å². The lowest BCUT2D eigenvalue weighted by atomic mass is 10.1. The minimum atomic E-state index is 0.323. The predicted octanol–water partition coefficient (Wildman–Crippen LogP) is 4.90. The lowest BCUT2D eigenvalue weighted by Gasteiger charge is -2.34. The number of benzene rings is 1. The van der Waals surface area contributed by atoms with Gasteiger partial charge in [0.2, 0.25) is 5.91 Å². The molecule has 6 heteroatoms. The second-order valence-electron chi connectivity index (χ2n) is 8.38. The zero-order valence-corrected chi connectivity index (χ0v) is 19.2. The van der Waals surface area contributed by atoms with Crippen molar-refractivity contribution in [2.75, 3.05) is 26.2 Å². The lowest BCUT2D eigenvalue weighted by Crippen LogP contribution is -2.48. The van der Waals surface area contributed by atoms with Crippen molar-refractivity contribution in [3.05, 3.63) is 46.6 Å². The number of unbranched alkanes of at least 4 members (excludes halogenated alkanes) is 2. The van der Waals surface area contributed by atoms with Gasteiger partial charge in [0.15, 0.2) is 4.96 Å². The molecule has 3 heterocycles. The van der Waals surface area contributed by atoms with E-state index in [0.717, 1.165) is 62.6 Å². The molecule has 1 aromatic carbocycles. The van der Waals surface area contributed by atoms with E-state index in [-0.39, 0.29) is 0 Å². The first kappa shape index (κ1) is 21.1. The number of aromatic nitrogens is 2. The molecule has 30 heavy (non-hydrogen) atoms. The van der Waals surface area contributed by atoms with Gasteiger partial charge in [-0.25, -0.2) is 4.98 Å². The summed E-state index contributed by atoms with van der Waals surface area (Å²) in [7, 11) is 0. The van der Waals surface area contributed by atoms with Gasteiger partial charge in [0, 0.05) is 55.8 Å². The Morgan fingerprint density at radius 1 is 1.07 bits per heavy atom. The van der Waals surface area contributed by atoms with E-state index >= 15 is 0 Å². The monoisotopic (exact) mass is 424 g/mol. The number of aryl methyl sites for hydroxylation is 2. The van der Waals surface area contributed by atoms with E-state index in [1.54, 1.807) is 11.3 Å². The zero-order chi connectivity index (χ0) is 21.1. The van der Waals surface area contributed by atoms with Crippen molar-refractivity contribution in [3.8, 4) is 11.3 Å². The molecule has 1 saturated heterocycles. The van der Waals surface area contributed by atoms with Gasteiger partial charge in [0.25, 0.3) is 0 Å². The Morgan fingerprint density at radius 2 is 1.80 bits per heavy atom. The van der Waals surface area contributed by atoms with Crippen molar-refractivity contribution in [1.29, 1.82) is 0 Å². The normalized spacial score (nSPS) is 15.2. The minimum absolute atomic E-state index is 0.323. The van der Waals surface area contributed by atoms with E-state index in [1.165, 1.54) is 21.7 Å². The summed E-state index contributed by atoms with van der Waals surface area (Å²) in [5.74, 6) is 0.323. The first-order valence-corrected chi connectivity index (χ1v) is 11.9. The molecule has 0 radical (unpaired) electrons. The summed E-state index contributed by atoms with van der Waals surface area (Å²) in [6.07, 6.45) is 6.22. The van der Waals surface area contributed by atoms with Gasteiger partial charge >= 0.3 is 0 Å². The predicted molar refractivity (Wildman–Crippen MR) is 124 cm³/mol. The summed E-state index contributed by atoms with van der Waals surface area (Å²) < 4.78 is 2.26. The molecule has 0 unspecified atom stereocenters. The number of hydrogen-bond donors (Lipinski definition) is 0. The Labute approximate surface area is 183 Å². The van der Waals surface area contributed by atoms with Crippen LogP contribution in [0.25, 0.3) is 16.2 Å². The Hall–Kier alpha value is -2.18. The molecule has 0 spiro atoms. The number of carbonyl (C=O) groups is 1. The van der Waals surface area contributed by atoms with Crippen LogP contribution in [0.5, 0.6) is 0 Å². The Balaban J connectivity index is 1.48. The first-order valence-electron chi connectivity index (χ1n) is 11.1. The highest BCUT2D eigenvalue weighted by molar-refractivity contribution is 7.17. The molecular formula is C24H32N4OS. The summed E-state index contributed by atoms with van der Waals surface area (Å²) in [6.45, 7) is 10.8. The molecule has 0 saturated carbocycles. The summed E-state index contributed by atoms with van der Waals surface area (Å²) in [5.41, 5.74) is 4.77. The third-order valence-electron chi connectivity index (χ3n) is 5.96. The highest BCUT2D eigenvalue weighted by atomic mass is 32.1. The number of thiazole rings is 1. The summed E-state index contributed by atoms with van der Waals surface area (Å²) >= 11 is 1.74. The molecular weight excluding hydrogens is 392 g/mol. The molecule has 0 aliphatic carbocycles. The fourth-order valence-electron chi connectivity index (χ4n) is 4.15. The number of piperazine rings is 1. The maximum absolute atomic E-state index is 12.4. The molecule has 160 valence electrons. The average molecular weight is 425 g/mol. The SMILES string of the molecule is CCCCCC(=O)N1CCN(Cc2c(-c3ccc(C)cc3)nc3sc(C)cn23)CC1. The summed E-state index contributed by atoms with van der Waals surface area (Å²) in [4.78, 5) is 24.3. The van der Waals surface area contributed by atoms with Crippen molar-refractivity contribution in [3.63, 3.8) is 0 Å². The van der Waals surface area contributed by atoms with E-state index in [9.17, 15) is 4.79 Å². The Morgan fingerprint density at radius 3 is 2.50 bits per heavy atom. The largest absolute Gasteiger partial charge is 0.340 e. The third kappa shape index (κ3) is 4.60. The van der Waals surface area contributed by atoms with E-state index < -0.39 is 0 Å². The van der Waals surface area contributed by atoms with Gasteiger partial charge in [-0.05, 0) is 20.3 Å². The van der Waals surface area contributed by atoms with Gasteiger partial charge in [-0.3, -0.25) is 14.1 Å². The molecule has 1 fully saturated rings. The molecule has 3 aromatic rings. The molecule has 1 amide bonds. The van der Waals surface area contributed by atoms with Crippen LogP contribution in [-0.4, -0.2) is 51.3 Å².